The van der Waals surface area contributed by atoms with Crippen LogP contribution in [-0.2, 0) is 6.18 Å². The van der Waals surface area contributed by atoms with E-state index in [0.29, 0.717) is 5.69 Å². The predicted octanol–water partition coefficient (Wildman–Crippen LogP) is 3.67. The number of rotatable bonds is 4. The Morgan fingerprint density at radius 3 is 2.48 bits per heavy atom. The molecule has 0 amide bonds. The Morgan fingerprint density at radius 1 is 1.11 bits per heavy atom. The first-order chi connectivity index (χ1) is 12.5. The van der Waals surface area contributed by atoms with Gasteiger partial charge in [0.25, 0.3) is 0 Å². The summed E-state index contributed by atoms with van der Waals surface area (Å²) in [4.78, 5) is 7.40. The minimum absolute atomic E-state index is 0.122. The molecule has 0 spiro atoms. The molecule has 10 heteroatoms. The largest absolute Gasteiger partial charge is 0.433 e. The quantitative estimate of drug-likeness (QED) is 0.686. The Morgan fingerprint density at radius 2 is 1.85 bits per heavy atom. The van der Waals surface area contributed by atoms with E-state index in [1.807, 2.05) is 19.2 Å². The molecule has 0 saturated carbocycles. The number of nitrogens with one attached hydrogen (secondary N) is 1. The highest BCUT2D eigenvalue weighted by atomic mass is 28.3. The molecular weight excluding hydrogens is 373 g/mol. The predicted molar refractivity (Wildman–Crippen MR) is 99.4 cm³/mol. The van der Waals surface area contributed by atoms with Crippen LogP contribution in [0.3, 0.4) is 0 Å². The average molecular weight is 392 g/mol. The molecule has 0 atom stereocenters. The van der Waals surface area contributed by atoms with Crippen molar-refractivity contribution in [1.29, 1.82) is 0 Å². The zero-order valence-electron chi connectivity index (χ0n) is 15.3. The number of hydrogen-bond donors (Lipinski definition) is 1. The summed E-state index contributed by atoms with van der Waals surface area (Å²) in [5.41, 5.74) is 1.23. The lowest BCUT2D eigenvalue weighted by molar-refractivity contribution is -0.141. The van der Waals surface area contributed by atoms with Gasteiger partial charge in [0.05, 0.1) is 11.0 Å². The summed E-state index contributed by atoms with van der Waals surface area (Å²) < 4.78 is 40.1. The summed E-state index contributed by atoms with van der Waals surface area (Å²) in [5.74, 6) is -0.122. The number of hydrogen-bond acceptors (Lipinski definition) is 5. The Kier molecular flexibility index (Phi) is 4.76. The molecular formula is C17H19F3N6Si. The highest BCUT2D eigenvalue weighted by molar-refractivity contribution is 6.88. The van der Waals surface area contributed by atoms with Gasteiger partial charge in [0.15, 0.2) is 0 Å². The molecule has 0 fully saturated rings. The zero-order chi connectivity index (χ0) is 19.8. The molecule has 3 aromatic rings. The van der Waals surface area contributed by atoms with Gasteiger partial charge in [-0.15, -0.1) is 5.10 Å². The summed E-state index contributed by atoms with van der Waals surface area (Å²) in [7, 11) is -1.59. The topological polar surface area (TPSA) is 68.5 Å². The summed E-state index contributed by atoms with van der Waals surface area (Å²) in [6.45, 7) is 8.42. The van der Waals surface area contributed by atoms with Crippen molar-refractivity contribution < 1.29 is 13.2 Å². The third-order valence-electron chi connectivity index (χ3n) is 3.79. The van der Waals surface area contributed by atoms with Gasteiger partial charge < -0.3 is 5.32 Å². The number of alkyl halides is 3. The lowest BCUT2D eigenvalue weighted by Gasteiger charge is -2.11. The lowest BCUT2D eigenvalue weighted by Crippen LogP contribution is -2.38. The fourth-order valence-corrected chi connectivity index (χ4v) is 3.26. The van der Waals surface area contributed by atoms with Gasteiger partial charge in [-0.3, -0.25) is 0 Å². The molecule has 2 aromatic heterocycles. The Bertz CT molecular complexity index is 962. The van der Waals surface area contributed by atoms with Crippen LogP contribution >= 0.6 is 0 Å². The Labute approximate surface area is 155 Å². The van der Waals surface area contributed by atoms with E-state index < -0.39 is 19.9 Å². The Balaban J connectivity index is 1.91. The van der Waals surface area contributed by atoms with Crippen molar-refractivity contribution in [1.82, 2.24) is 25.0 Å². The van der Waals surface area contributed by atoms with Crippen LogP contribution in [0.4, 0.5) is 24.8 Å². The standard InChI is InChI=1S/C17H19F3N6Si/c1-11-7-12(22-16-21-6-5-14(23-16)17(18,19)20)9-13(8-11)26-10-15(24-25-26)27(2,3)4/h5-10H,1-4H3,(H,21,22,23). The molecule has 27 heavy (non-hydrogen) atoms. The first kappa shape index (κ1) is 19.0. The van der Waals surface area contributed by atoms with Crippen LogP contribution in [0.15, 0.2) is 36.7 Å². The highest BCUT2D eigenvalue weighted by Gasteiger charge is 2.32. The zero-order valence-corrected chi connectivity index (χ0v) is 16.3. The minimum atomic E-state index is -4.52. The van der Waals surface area contributed by atoms with E-state index in [4.69, 9.17) is 0 Å². The number of halogens is 3. The van der Waals surface area contributed by atoms with Crippen LogP contribution in [0.25, 0.3) is 5.69 Å². The number of anilines is 2. The molecule has 0 aliphatic heterocycles. The van der Waals surface area contributed by atoms with E-state index in [9.17, 15) is 13.2 Å². The normalized spacial score (nSPS) is 12.3. The fraction of sp³-hybridized carbons (Fsp3) is 0.294. The number of aryl methyl sites for hydroxylation is 1. The third kappa shape index (κ3) is 4.51. The molecule has 3 rings (SSSR count). The van der Waals surface area contributed by atoms with E-state index in [0.717, 1.165) is 28.8 Å². The van der Waals surface area contributed by atoms with Crippen molar-refractivity contribution in [2.75, 3.05) is 5.32 Å². The third-order valence-corrected chi connectivity index (χ3v) is 5.56. The maximum absolute atomic E-state index is 12.8. The van der Waals surface area contributed by atoms with E-state index in [2.05, 4.69) is 45.2 Å². The van der Waals surface area contributed by atoms with Crippen molar-refractivity contribution in [2.45, 2.75) is 32.7 Å². The first-order valence-corrected chi connectivity index (χ1v) is 11.7. The summed E-state index contributed by atoms with van der Waals surface area (Å²) >= 11 is 0. The summed E-state index contributed by atoms with van der Waals surface area (Å²) in [6, 6.07) is 6.31. The van der Waals surface area contributed by atoms with Crippen LogP contribution in [0, 0.1) is 6.92 Å². The van der Waals surface area contributed by atoms with E-state index in [1.165, 1.54) is 0 Å². The second-order valence-corrected chi connectivity index (χ2v) is 12.3. The number of nitrogens with zero attached hydrogens (tertiary/aromatic N) is 5. The maximum atomic E-state index is 12.8. The highest BCUT2D eigenvalue weighted by Crippen LogP contribution is 2.28. The van der Waals surface area contributed by atoms with Crippen molar-refractivity contribution in [3.8, 4) is 5.69 Å². The molecule has 0 aliphatic carbocycles. The monoisotopic (exact) mass is 392 g/mol. The van der Waals surface area contributed by atoms with Gasteiger partial charge in [-0.1, -0.05) is 24.9 Å². The van der Waals surface area contributed by atoms with Gasteiger partial charge in [-0.2, -0.15) is 13.2 Å². The molecule has 142 valence electrons. The summed E-state index contributed by atoms with van der Waals surface area (Å²) in [6.07, 6.45) is -1.55. The van der Waals surface area contributed by atoms with E-state index >= 15 is 0 Å². The van der Waals surface area contributed by atoms with E-state index in [-0.39, 0.29) is 5.95 Å². The fourth-order valence-electron chi connectivity index (χ4n) is 2.41. The van der Waals surface area contributed by atoms with Gasteiger partial charge in [-0.25, -0.2) is 14.6 Å². The van der Waals surface area contributed by atoms with Crippen molar-refractivity contribution >= 4 is 25.0 Å². The van der Waals surface area contributed by atoms with Gasteiger partial charge >= 0.3 is 6.18 Å². The molecule has 0 saturated heterocycles. The minimum Gasteiger partial charge on any atom is -0.324 e. The van der Waals surface area contributed by atoms with Crippen LogP contribution in [0.1, 0.15) is 11.3 Å². The molecule has 0 aliphatic rings. The maximum Gasteiger partial charge on any atom is 0.433 e. The lowest BCUT2D eigenvalue weighted by atomic mass is 10.2. The van der Waals surface area contributed by atoms with Crippen LogP contribution in [0.5, 0.6) is 0 Å². The molecule has 1 aromatic carbocycles. The SMILES string of the molecule is Cc1cc(Nc2nccc(C(F)(F)F)n2)cc(-n2cc([Si](C)(C)C)nn2)c1. The smallest absolute Gasteiger partial charge is 0.324 e. The van der Waals surface area contributed by atoms with Crippen LogP contribution < -0.4 is 10.6 Å². The van der Waals surface area contributed by atoms with Gasteiger partial charge in [0.1, 0.15) is 13.8 Å². The first-order valence-electron chi connectivity index (χ1n) is 8.24. The van der Waals surface area contributed by atoms with Crippen LogP contribution in [0.2, 0.25) is 19.6 Å². The second kappa shape index (κ2) is 6.76. The van der Waals surface area contributed by atoms with Gasteiger partial charge in [0, 0.05) is 18.1 Å². The van der Waals surface area contributed by atoms with Crippen molar-refractivity contribution in [2.24, 2.45) is 0 Å². The molecule has 0 unspecified atom stereocenters. The second-order valence-electron chi connectivity index (χ2n) is 7.24. The molecule has 2 heterocycles. The van der Waals surface area contributed by atoms with Gasteiger partial charge in [0.2, 0.25) is 5.95 Å². The molecule has 6 nitrogen and oxygen atoms in total. The molecule has 0 radical (unpaired) electrons. The van der Waals surface area contributed by atoms with Crippen molar-refractivity contribution in [3.63, 3.8) is 0 Å². The van der Waals surface area contributed by atoms with Crippen LogP contribution in [-0.4, -0.2) is 33.0 Å². The average Bonchev–Trinajstić information content (AvgIpc) is 3.04. The van der Waals surface area contributed by atoms with Gasteiger partial charge in [-0.05, 0) is 36.8 Å². The summed E-state index contributed by atoms with van der Waals surface area (Å²) in [5, 5.41) is 12.2. The molecule has 0 bridgehead atoms. The van der Waals surface area contributed by atoms with E-state index in [1.54, 1.807) is 16.8 Å². The molecule has 1 N–H and O–H groups in total. The van der Waals surface area contributed by atoms with Crippen molar-refractivity contribution in [3.05, 3.63) is 47.9 Å². The Hall–Kier alpha value is -2.75. The number of aromatic nitrogens is 5. The number of benzene rings is 1.